The van der Waals surface area contributed by atoms with Crippen LogP contribution in [0.2, 0.25) is 0 Å². The summed E-state index contributed by atoms with van der Waals surface area (Å²) in [7, 11) is 0. The maximum absolute atomic E-state index is 13.2. The third kappa shape index (κ3) is 3.35. The van der Waals surface area contributed by atoms with Gasteiger partial charge in [0.25, 0.3) is 5.56 Å². The van der Waals surface area contributed by atoms with E-state index in [1.807, 2.05) is 6.07 Å². The summed E-state index contributed by atoms with van der Waals surface area (Å²) < 4.78 is 42.8. The highest BCUT2D eigenvalue weighted by Gasteiger charge is 2.31. The molecule has 0 N–H and O–H groups in total. The SMILES string of the molecule is O=c1c2c(ncn2Cc2ccc(C(F)(F)F)cc2)n(-c2ccccc2)c(=O)n1C1CC1. The van der Waals surface area contributed by atoms with Gasteiger partial charge in [-0.15, -0.1) is 0 Å². The van der Waals surface area contributed by atoms with Crippen LogP contribution in [0.5, 0.6) is 0 Å². The Kier molecular flexibility index (Phi) is 4.35. The van der Waals surface area contributed by atoms with E-state index in [4.69, 9.17) is 0 Å². The van der Waals surface area contributed by atoms with Gasteiger partial charge < -0.3 is 4.57 Å². The molecule has 0 unspecified atom stereocenters. The van der Waals surface area contributed by atoms with Gasteiger partial charge in [0.1, 0.15) is 0 Å². The molecular weight excluding hydrogens is 409 g/mol. The molecule has 0 radical (unpaired) electrons. The van der Waals surface area contributed by atoms with Gasteiger partial charge in [-0.1, -0.05) is 30.3 Å². The maximum atomic E-state index is 13.2. The van der Waals surface area contributed by atoms with Gasteiger partial charge in [-0.2, -0.15) is 13.2 Å². The lowest BCUT2D eigenvalue weighted by Crippen LogP contribution is -2.39. The van der Waals surface area contributed by atoms with Crippen LogP contribution >= 0.6 is 0 Å². The molecule has 0 saturated heterocycles. The summed E-state index contributed by atoms with van der Waals surface area (Å²) in [5, 5.41) is 0. The molecule has 0 amide bonds. The van der Waals surface area contributed by atoms with Crippen LogP contribution in [-0.2, 0) is 12.7 Å². The molecule has 6 nitrogen and oxygen atoms in total. The van der Waals surface area contributed by atoms with Crippen molar-refractivity contribution in [2.75, 3.05) is 0 Å². The molecule has 31 heavy (non-hydrogen) atoms. The highest BCUT2D eigenvalue weighted by molar-refractivity contribution is 5.72. The second-order valence-corrected chi connectivity index (χ2v) is 7.60. The minimum absolute atomic E-state index is 0.145. The fraction of sp³-hybridized carbons (Fsp3) is 0.227. The lowest BCUT2D eigenvalue weighted by Gasteiger charge is -2.12. The topological polar surface area (TPSA) is 61.8 Å². The van der Waals surface area contributed by atoms with Gasteiger partial charge in [0.15, 0.2) is 11.2 Å². The van der Waals surface area contributed by atoms with Crippen LogP contribution in [0.1, 0.15) is 30.0 Å². The average Bonchev–Trinajstić information content (AvgIpc) is 3.49. The summed E-state index contributed by atoms with van der Waals surface area (Å²) in [5.74, 6) is 0. The predicted octanol–water partition coefficient (Wildman–Crippen LogP) is 3.75. The molecular formula is C22H17F3N4O2. The van der Waals surface area contributed by atoms with Gasteiger partial charge in [-0.05, 0) is 42.7 Å². The van der Waals surface area contributed by atoms with Gasteiger partial charge in [-0.25, -0.2) is 14.3 Å². The Balaban J connectivity index is 1.67. The monoisotopic (exact) mass is 426 g/mol. The zero-order valence-electron chi connectivity index (χ0n) is 16.2. The molecule has 2 aromatic carbocycles. The maximum Gasteiger partial charge on any atom is 0.416 e. The van der Waals surface area contributed by atoms with E-state index in [1.165, 1.54) is 27.6 Å². The number of fused-ring (bicyclic) bond motifs is 1. The lowest BCUT2D eigenvalue weighted by atomic mass is 10.1. The van der Waals surface area contributed by atoms with Crippen LogP contribution in [0, 0.1) is 0 Å². The number of hydrogen-bond donors (Lipinski definition) is 0. The number of hydrogen-bond acceptors (Lipinski definition) is 3. The van der Waals surface area contributed by atoms with Crippen LogP contribution in [-0.4, -0.2) is 18.7 Å². The summed E-state index contributed by atoms with van der Waals surface area (Å²) in [6.07, 6.45) is -1.46. The Morgan fingerprint density at radius 2 is 1.65 bits per heavy atom. The first kappa shape index (κ1) is 19.3. The highest BCUT2D eigenvalue weighted by Crippen LogP contribution is 2.33. The number of para-hydroxylation sites is 1. The number of nitrogens with zero attached hydrogens (tertiary/aromatic N) is 4. The number of benzene rings is 2. The molecule has 5 rings (SSSR count). The Bertz CT molecular complexity index is 1380. The van der Waals surface area contributed by atoms with E-state index in [2.05, 4.69) is 4.98 Å². The van der Waals surface area contributed by atoms with Crippen molar-refractivity contribution in [3.05, 3.63) is 92.9 Å². The van der Waals surface area contributed by atoms with Gasteiger partial charge in [0.2, 0.25) is 0 Å². The zero-order chi connectivity index (χ0) is 21.8. The van der Waals surface area contributed by atoms with Gasteiger partial charge in [0.05, 0.1) is 17.6 Å². The van der Waals surface area contributed by atoms with Crippen LogP contribution < -0.4 is 11.2 Å². The molecule has 158 valence electrons. The zero-order valence-corrected chi connectivity index (χ0v) is 16.2. The highest BCUT2D eigenvalue weighted by atomic mass is 19.4. The first-order valence-corrected chi connectivity index (χ1v) is 9.78. The van der Waals surface area contributed by atoms with E-state index in [-0.39, 0.29) is 23.8 Å². The van der Waals surface area contributed by atoms with Crippen molar-refractivity contribution in [3.63, 3.8) is 0 Å². The van der Waals surface area contributed by atoms with Crippen molar-refractivity contribution in [2.45, 2.75) is 31.6 Å². The number of rotatable bonds is 4. The fourth-order valence-electron chi connectivity index (χ4n) is 3.73. The average molecular weight is 426 g/mol. The summed E-state index contributed by atoms with van der Waals surface area (Å²) in [6.45, 7) is 0.154. The molecule has 0 aliphatic heterocycles. The Morgan fingerprint density at radius 3 is 2.26 bits per heavy atom. The summed E-state index contributed by atoms with van der Waals surface area (Å²) >= 11 is 0. The second kappa shape index (κ2) is 6.97. The number of aromatic nitrogens is 4. The summed E-state index contributed by atoms with van der Waals surface area (Å²) in [6, 6.07) is 13.6. The third-order valence-corrected chi connectivity index (χ3v) is 5.41. The Labute approximate surface area is 173 Å². The van der Waals surface area contributed by atoms with Gasteiger partial charge in [0, 0.05) is 12.6 Å². The lowest BCUT2D eigenvalue weighted by molar-refractivity contribution is -0.137. The number of imidazole rings is 1. The first-order chi connectivity index (χ1) is 14.8. The van der Waals surface area contributed by atoms with E-state index in [1.54, 1.807) is 28.8 Å². The summed E-state index contributed by atoms with van der Waals surface area (Å²) in [4.78, 5) is 30.7. The molecule has 1 saturated carbocycles. The van der Waals surface area contributed by atoms with Crippen LogP contribution in [0.15, 0.2) is 70.5 Å². The normalized spacial score (nSPS) is 14.3. The van der Waals surface area contributed by atoms with Crippen LogP contribution in [0.4, 0.5) is 13.2 Å². The van der Waals surface area contributed by atoms with E-state index in [9.17, 15) is 22.8 Å². The first-order valence-electron chi connectivity index (χ1n) is 9.78. The van der Waals surface area contributed by atoms with Crippen LogP contribution in [0.25, 0.3) is 16.9 Å². The molecule has 2 aromatic heterocycles. The number of halogens is 3. The minimum atomic E-state index is -4.41. The van der Waals surface area contributed by atoms with Crippen LogP contribution in [0.3, 0.4) is 0 Å². The fourth-order valence-corrected chi connectivity index (χ4v) is 3.73. The molecule has 9 heteroatoms. The van der Waals surface area contributed by atoms with Gasteiger partial charge >= 0.3 is 11.9 Å². The van der Waals surface area contributed by atoms with Gasteiger partial charge in [-0.3, -0.25) is 9.36 Å². The molecule has 0 bridgehead atoms. The molecule has 2 heterocycles. The van der Waals surface area contributed by atoms with E-state index in [0.717, 1.165) is 25.0 Å². The molecule has 1 aliphatic rings. The Hall–Kier alpha value is -3.62. The van der Waals surface area contributed by atoms with E-state index in [0.29, 0.717) is 11.3 Å². The summed E-state index contributed by atoms with van der Waals surface area (Å²) in [5.41, 5.74) is 0.0416. The van der Waals surface area contributed by atoms with Crippen molar-refractivity contribution in [1.82, 2.24) is 18.7 Å². The van der Waals surface area contributed by atoms with Crippen molar-refractivity contribution < 1.29 is 13.2 Å². The van der Waals surface area contributed by atoms with E-state index < -0.39 is 23.0 Å². The smallest absolute Gasteiger partial charge is 0.320 e. The van der Waals surface area contributed by atoms with Crippen molar-refractivity contribution >= 4 is 11.2 Å². The number of alkyl halides is 3. The largest absolute Gasteiger partial charge is 0.416 e. The third-order valence-electron chi connectivity index (χ3n) is 5.41. The minimum Gasteiger partial charge on any atom is -0.320 e. The molecule has 1 fully saturated rings. The Morgan fingerprint density at radius 1 is 0.968 bits per heavy atom. The van der Waals surface area contributed by atoms with Crippen molar-refractivity contribution in [2.24, 2.45) is 0 Å². The molecule has 0 atom stereocenters. The molecule has 1 aliphatic carbocycles. The van der Waals surface area contributed by atoms with Crippen molar-refractivity contribution in [1.29, 1.82) is 0 Å². The molecule has 4 aromatic rings. The quantitative estimate of drug-likeness (QED) is 0.499. The molecule has 0 spiro atoms. The predicted molar refractivity (Wildman–Crippen MR) is 108 cm³/mol. The van der Waals surface area contributed by atoms with E-state index >= 15 is 0 Å². The standard InChI is InChI=1S/C22H17F3N4O2/c23-22(24,25)15-8-6-14(7-9-15)12-27-13-26-19-18(27)20(30)29(17-10-11-17)21(31)28(19)16-4-2-1-3-5-16/h1-9,13,17H,10-12H2. The van der Waals surface area contributed by atoms with Crippen molar-refractivity contribution in [3.8, 4) is 5.69 Å². The second-order valence-electron chi connectivity index (χ2n) is 7.60.